The van der Waals surface area contributed by atoms with Crippen molar-refractivity contribution in [1.82, 2.24) is 5.32 Å². The molecule has 0 heterocycles. The molecular weight excluding hydrogens is 304 g/mol. The Labute approximate surface area is 143 Å². The highest BCUT2D eigenvalue weighted by atomic mass is 16.3. The van der Waals surface area contributed by atoms with Crippen molar-refractivity contribution in [3.63, 3.8) is 0 Å². The van der Waals surface area contributed by atoms with Gasteiger partial charge in [-0.25, -0.2) is 0 Å². The molecule has 24 heavy (non-hydrogen) atoms. The summed E-state index contributed by atoms with van der Waals surface area (Å²) in [6.07, 6.45) is 6.27. The molecule has 1 aliphatic carbocycles. The fourth-order valence-electron chi connectivity index (χ4n) is 3.15. The van der Waals surface area contributed by atoms with Gasteiger partial charge in [-0.1, -0.05) is 31.4 Å². The SMILES string of the molecule is CC(CC(=O)Nc1ccc(CCO)cc1)NC(=O)C1CCCCC1. The van der Waals surface area contributed by atoms with E-state index in [0.717, 1.165) is 36.9 Å². The van der Waals surface area contributed by atoms with Gasteiger partial charge in [0.2, 0.25) is 11.8 Å². The van der Waals surface area contributed by atoms with Crippen LogP contribution in [0.1, 0.15) is 51.0 Å². The predicted molar refractivity (Wildman–Crippen MR) is 94.7 cm³/mol. The standard InChI is InChI=1S/C19H28N2O3/c1-14(20-19(24)16-5-3-2-4-6-16)13-18(23)21-17-9-7-15(8-10-17)11-12-22/h7-10,14,16,22H,2-6,11-13H2,1H3,(H,20,24)(H,21,23). The number of aliphatic hydroxyl groups excluding tert-OH is 1. The number of hydrogen-bond donors (Lipinski definition) is 3. The molecule has 0 aromatic heterocycles. The van der Waals surface area contributed by atoms with Gasteiger partial charge in [-0.2, -0.15) is 0 Å². The highest BCUT2D eigenvalue weighted by Gasteiger charge is 2.22. The Bertz CT molecular complexity index is 536. The molecule has 0 aliphatic heterocycles. The largest absolute Gasteiger partial charge is 0.396 e. The number of rotatable bonds is 7. The molecular formula is C19H28N2O3. The highest BCUT2D eigenvalue weighted by Crippen LogP contribution is 2.23. The van der Waals surface area contributed by atoms with Crippen LogP contribution < -0.4 is 10.6 Å². The summed E-state index contributed by atoms with van der Waals surface area (Å²) < 4.78 is 0. The molecule has 132 valence electrons. The number of carbonyl (C=O) groups is 2. The Morgan fingerprint density at radius 3 is 2.46 bits per heavy atom. The molecule has 1 saturated carbocycles. The zero-order valence-corrected chi connectivity index (χ0v) is 14.4. The second-order valence-corrected chi connectivity index (χ2v) is 6.67. The van der Waals surface area contributed by atoms with Gasteiger partial charge in [0.25, 0.3) is 0 Å². The van der Waals surface area contributed by atoms with E-state index in [1.54, 1.807) is 0 Å². The first-order valence-corrected chi connectivity index (χ1v) is 8.88. The minimum absolute atomic E-state index is 0.0864. The molecule has 5 nitrogen and oxygen atoms in total. The maximum Gasteiger partial charge on any atom is 0.226 e. The first kappa shape index (κ1) is 18.5. The first-order valence-electron chi connectivity index (χ1n) is 8.88. The highest BCUT2D eigenvalue weighted by molar-refractivity contribution is 5.91. The zero-order chi connectivity index (χ0) is 17.4. The van der Waals surface area contributed by atoms with Gasteiger partial charge in [0.1, 0.15) is 0 Å². The van der Waals surface area contributed by atoms with Crippen LogP contribution in [0.5, 0.6) is 0 Å². The number of hydrogen-bond acceptors (Lipinski definition) is 3. The van der Waals surface area contributed by atoms with Crippen molar-refractivity contribution >= 4 is 17.5 Å². The summed E-state index contributed by atoms with van der Waals surface area (Å²) >= 11 is 0. The molecule has 1 aromatic rings. The molecule has 1 fully saturated rings. The summed E-state index contributed by atoms with van der Waals surface area (Å²) in [6, 6.07) is 7.26. The van der Waals surface area contributed by atoms with Crippen LogP contribution in [0.2, 0.25) is 0 Å². The summed E-state index contributed by atoms with van der Waals surface area (Å²) in [4.78, 5) is 24.3. The van der Waals surface area contributed by atoms with Gasteiger partial charge >= 0.3 is 0 Å². The van der Waals surface area contributed by atoms with Crippen molar-refractivity contribution in [3.05, 3.63) is 29.8 Å². The molecule has 2 rings (SSSR count). The monoisotopic (exact) mass is 332 g/mol. The van der Waals surface area contributed by atoms with Gasteiger partial charge in [-0.05, 0) is 43.9 Å². The number of aliphatic hydroxyl groups is 1. The fourth-order valence-corrected chi connectivity index (χ4v) is 3.15. The van der Waals surface area contributed by atoms with Crippen molar-refractivity contribution < 1.29 is 14.7 Å². The van der Waals surface area contributed by atoms with Crippen LogP contribution in [0.3, 0.4) is 0 Å². The quantitative estimate of drug-likeness (QED) is 0.718. The lowest BCUT2D eigenvalue weighted by Gasteiger charge is -2.23. The second kappa shape index (κ2) is 9.42. The maximum atomic E-state index is 12.2. The summed E-state index contributed by atoms with van der Waals surface area (Å²) in [7, 11) is 0. The Balaban J connectivity index is 1.75. The Morgan fingerprint density at radius 2 is 1.83 bits per heavy atom. The number of carbonyl (C=O) groups excluding carboxylic acids is 2. The van der Waals surface area contributed by atoms with Crippen LogP contribution >= 0.6 is 0 Å². The normalized spacial score (nSPS) is 16.4. The lowest BCUT2D eigenvalue weighted by atomic mass is 9.88. The minimum Gasteiger partial charge on any atom is -0.396 e. The van der Waals surface area contributed by atoms with E-state index in [-0.39, 0.29) is 36.8 Å². The maximum absolute atomic E-state index is 12.2. The van der Waals surface area contributed by atoms with Crippen LogP contribution in [-0.4, -0.2) is 29.6 Å². The smallest absolute Gasteiger partial charge is 0.226 e. The predicted octanol–water partition coefficient (Wildman–Crippen LogP) is 2.64. The van der Waals surface area contributed by atoms with E-state index in [1.165, 1.54) is 6.42 Å². The molecule has 0 spiro atoms. The molecule has 1 aromatic carbocycles. The Morgan fingerprint density at radius 1 is 1.17 bits per heavy atom. The van der Waals surface area contributed by atoms with E-state index >= 15 is 0 Å². The average Bonchev–Trinajstić information content (AvgIpc) is 2.57. The van der Waals surface area contributed by atoms with Gasteiger partial charge in [-0.3, -0.25) is 9.59 Å². The Hall–Kier alpha value is -1.88. The molecule has 0 radical (unpaired) electrons. The van der Waals surface area contributed by atoms with E-state index in [1.807, 2.05) is 31.2 Å². The minimum atomic E-state index is -0.173. The zero-order valence-electron chi connectivity index (χ0n) is 14.4. The van der Waals surface area contributed by atoms with E-state index < -0.39 is 0 Å². The van der Waals surface area contributed by atoms with E-state index in [2.05, 4.69) is 10.6 Å². The summed E-state index contributed by atoms with van der Waals surface area (Å²) in [5, 5.41) is 14.7. The third-order valence-electron chi connectivity index (χ3n) is 4.49. The molecule has 0 saturated heterocycles. The summed E-state index contributed by atoms with van der Waals surface area (Å²) in [5.74, 6) is 0.0908. The van der Waals surface area contributed by atoms with Gasteiger partial charge in [-0.15, -0.1) is 0 Å². The van der Waals surface area contributed by atoms with E-state index in [0.29, 0.717) is 6.42 Å². The molecule has 2 amide bonds. The van der Waals surface area contributed by atoms with Crippen LogP contribution in [0.4, 0.5) is 5.69 Å². The topological polar surface area (TPSA) is 78.4 Å². The van der Waals surface area contributed by atoms with E-state index in [4.69, 9.17) is 5.11 Å². The van der Waals surface area contributed by atoms with E-state index in [9.17, 15) is 9.59 Å². The van der Waals surface area contributed by atoms with Crippen molar-refractivity contribution in [2.24, 2.45) is 5.92 Å². The lowest BCUT2D eigenvalue weighted by Crippen LogP contribution is -2.39. The second-order valence-electron chi connectivity index (χ2n) is 6.67. The summed E-state index contributed by atoms with van der Waals surface area (Å²) in [5.41, 5.74) is 1.76. The number of nitrogens with one attached hydrogen (secondary N) is 2. The fraction of sp³-hybridized carbons (Fsp3) is 0.579. The van der Waals surface area contributed by atoms with Crippen LogP contribution in [-0.2, 0) is 16.0 Å². The lowest BCUT2D eigenvalue weighted by molar-refractivity contribution is -0.126. The molecule has 0 bridgehead atoms. The molecule has 3 N–H and O–H groups in total. The van der Waals surface area contributed by atoms with Gasteiger partial charge in [0.05, 0.1) is 0 Å². The Kier molecular flexibility index (Phi) is 7.25. The number of benzene rings is 1. The van der Waals surface area contributed by atoms with Gasteiger partial charge in [0.15, 0.2) is 0 Å². The summed E-state index contributed by atoms with van der Waals surface area (Å²) in [6.45, 7) is 1.98. The number of amides is 2. The first-order chi connectivity index (χ1) is 11.6. The molecule has 1 aliphatic rings. The van der Waals surface area contributed by atoms with Crippen LogP contribution in [0.15, 0.2) is 24.3 Å². The van der Waals surface area contributed by atoms with Crippen molar-refractivity contribution in [2.45, 2.75) is 57.9 Å². The molecule has 1 atom stereocenters. The molecule has 1 unspecified atom stereocenters. The van der Waals surface area contributed by atoms with Crippen LogP contribution in [0.25, 0.3) is 0 Å². The van der Waals surface area contributed by atoms with Crippen LogP contribution in [0, 0.1) is 5.92 Å². The van der Waals surface area contributed by atoms with Crippen molar-refractivity contribution in [2.75, 3.05) is 11.9 Å². The number of anilines is 1. The van der Waals surface area contributed by atoms with Crippen molar-refractivity contribution in [3.8, 4) is 0 Å². The average molecular weight is 332 g/mol. The van der Waals surface area contributed by atoms with Gasteiger partial charge < -0.3 is 15.7 Å². The van der Waals surface area contributed by atoms with Crippen molar-refractivity contribution in [1.29, 1.82) is 0 Å². The third kappa shape index (κ3) is 5.96. The van der Waals surface area contributed by atoms with Gasteiger partial charge in [0, 0.05) is 30.7 Å². The molecule has 5 heteroatoms. The third-order valence-corrected chi connectivity index (χ3v) is 4.49.